The van der Waals surface area contributed by atoms with Crippen LogP contribution in [0.5, 0.6) is 0 Å². The highest BCUT2D eigenvalue weighted by atomic mass is 79.9. The van der Waals surface area contributed by atoms with Gasteiger partial charge in [-0.15, -0.1) is 0 Å². The molecule has 0 fully saturated rings. The van der Waals surface area contributed by atoms with Crippen LogP contribution in [0.2, 0.25) is 0 Å². The Morgan fingerprint density at radius 2 is 1.65 bits per heavy atom. The van der Waals surface area contributed by atoms with Crippen molar-refractivity contribution in [1.82, 2.24) is 4.98 Å². The number of para-hydroxylation sites is 2. The van der Waals surface area contributed by atoms with E-state index in [0.29, 0.717) is 11.4 Å². The summed E-state index contributed by atoms with van der Waals surface area (Å²) in [6.07, 6.45) is 1.55. The van der Waals surface area contributed by atoms with Gasteiger partial charge in [-0.05, 0) is 52.3 Å². The third kappa shape index (κ3) is 3.96. The average Bonchev–Trinajstić information content (AvgIpc) is 2.58. The molecule has 23 heavy (non-hydrogen) atoms. The summed E-state index contributed by atoms with van der Waals surface area (Å²) in [6.45, 7) is 0. The molecule has 0 bridgehead atoms. The van der Waals surface area contributed by atoms with Crippen molar-refractivity contribution in [2.24, 2.45) is 0 Å². The normalized spacial score (nSPS) is 10.1. The van der Waals surface area contributed by atoms with Crippen LogP contribution in [-0.2, 0) is 0 Å². The van der Waals surface area contributed by atoms with E-state index in [1.54, 1.807) is 18.3 Å². The molecule has 3 aromatic rings. The number of aromatic nitrogens is 1. The molecule has 0 radical (unpaired) electrons. The maximum atomic E-state index is 12.2. The van der Waals surface area contributed by atoms with Crippen LogP contribution in [0.15, 0.2) is 77.4 Å². The van der Waals surface area contributed by atoms with Gasteiger partial charge in [0.1, 0.15) is 5.82 Å². The van der Waals surface area contributed by atoms with Crippen LogP contribution in [0.1, 0.15) is 10.4 Å². The van der Waals surface area contributed by atoms with Gasteiger partial charge in [-0.3, -0.25) is 4.79 Å². The summed E-state index contributed by atoms with van der Waals surface area (Å²) in [5.41, 5.74) is 2.18. The SMILES string of the molecule is O=C(Nc1ccccc1)c1ccc(Nc2ccccc2Br)nc1. The van der Waals surface area contributed by atoms with Gasteiger partial charge in [0.05, 0.1) is 11.3 Å². The van der Waals surface area contributed by atoms with Crippen LogP contribution in [0.3, 0.4) is 0 Å². The number of nitrogens with zero attached hydrogens (tertiary/aromatic N) is 1. The van der Waals surface area contributed by atoms with E-state index < -0.39 is 0 Å². The van der Waals surface area contributed by atoms with Crippen molar-refractivity contribution in [3.05, 3.63) is 83.0 Å². The fraction of sp³-hybridized carbons (Fsp3) is 0. The minimum atomic E-state index is -0.184. The number of nitrogens with one attached hydrogen (secondary N) is 2. The fourth-order valence-corrected chi connectivity index (χ4v) is 2.41. The fourth-order valence-electron chi connectivity index (χ4n) is 2.03. The lowest BCUT2D eigenvalue weighted by Gasteiger charge is -2.08. The lowest BCUT2D eigenvalue weighted by atomic mass is 10.2. The molecule has 0 spiro atoms. The van der Waals surface area contributed by atoms with E-state index >= 15 is 0 Å². The summed E-state index contributed by atoms with van der Waals surface area (Å²) < 4.78 is 0.952. The molecule has 5 heteroatoms. The topological polar surface area (TPSA) is 54.0 Å². The number of pyridine rings is 1. The molecule has 4 nitrogen and oxygen atoms in total. The second-order valence-corrected chi connectivity index (χ2v) is 5.71. The van der Waals surface area contributed by atoms with Gasteiger partial charge in [0.25, 0.3) is 5.91 Å². The molecule has 0 aliphatic carbocycles. The summed E-state index contributed by atoms with van der Waals surface area (Å²) in [5.74, 6) is 0.490. The van der Waals surface area contributed by atoms with Crippen molar-refractivity contribution >= 4 is 39.0 Å². The molecule has 0 unspecified atom stereocenters. The number of rotatable bonds is 4. The molecule has 1 amide bonds. The van der Waals surface area contributed by atoms with E-state index in [1.807, 2.05) is 54.6 Å². The molecular formula is C18H14BrN3O. The van der Waals surface area contributed by atoms with Crippen LogP contribution in [0, 0.1) is 0 Å². The first kappa shape index (κ1) is 15.2. The maximum absolute atomic E-state index is 12.2. The Morgan fingerprint density at radius 1 is 0.913 bits per heavy atom. The summed E-state index contributed by atoms with van der Waals surface area (Å²) >= 11 is 3.47. The third-order valence-corrected chi connectivity index (χ3v) is 3.89. The lowest BCUT2D eigenvalue weighted by molar-refractivity contribution is 0.102. The van der Waals surface area contributed by atoms with Gasteiger partial charge in [-0.1, -0.05) is 30.3 Å². The molecule has 1 heterocycles. The van der Waals surface area contributed by atoms with Crippen LogP contribution in [0.4, 0.5) is 17.2 Å². The monoisotopic (exact) mass is 367 g/mol. The number of hydrogen-bond donors (Lipinski definition) is 2. The van der Waals surface area contributed by atoms with Gasteiger partial charge in [-0.25, -0.2) is 4.98 Å². The first-order valence-corrected chi connectivity index (χ1v) is 7.86. The van der Waals surface area contributed by atoms with Gasteiger partial charge in [0, 0.05) is 16.4 Å². The summed E-state index contributed by atoms with van der Waals surface area (Å²) in [4.78, 5) is 16.4. The van der Waals surface area contributed by atoms with E-state index in [0.717, 1.165) is 15.8 Å². The number of halogens is 1. The maximum Gasteiger partial charge on any atom is 0.257 e. The van der Waals surface area contributed by atoms with Crippen LogP contribution in [-0.4, -0.2) is 10.9 Å². The van der Waals surface area contributed by atoms with Crippen molar-refractivity contribution < 1.29 is 4.79 Å². The van der Waals surface area contributed by atoms with Crippen LogP contribution < -0.4 is 10.6 Å². The van der Waals surface area contributed by atoms with Crippen molar-refractivity contribution in [3.8, 4) is 0 Å². The lowest BCUT2D eigenvalue weighted by Crippen LogP contribution is -2.12. The minimum Gasteiger partial charge on any atom is -0.339 e. The van der Waals surface area contributed by atoms with Gasteiger partial charge >= 0.3 is 0 Å². The van der Waals surface area contributed by atoms with Crippen molar-refractivity contribution in [1.29, 1.82) is 0 Å². The molecule has 0 saturated carbocycles. The first-order chi connectivity index (χ1) is 11.2. The molecule has 114 valence electrons. The predicted octanol–water partition coefficient (Wildman–Crippen LogP) is 4.84. The minimum absolute atomic E-state index is 0.184. The Hall–Kier alpha value is -2.66. The number of carbonyl (C=O) groups excluding carboxylic acids is 1. The van der Waals surface area contributed by atoms with Gasteiger partial charge < -0.3 is 10.6 Å². The Morgan fingerprint density at radius 3 is 2.35 bits per heavy atom. The van der Waals surface area contributed by atoms with Crippen molar-refractivity contribution in [2.45, 2.75) is 0 Å². The number of benzene rings is 2. The van der Waals surface area contributed by atoms with E-state index in [4.69, 9.17) is 0 Å². The van der Waals surface area contributed by atoms with Crippen molar-refractivity contribution in [3.63, 3.8) is 0 Å². The molecular weight excluding hydrogens is 354 g/mol. The van der Waals surface area contributed by atoms with E-state index in [2.05, 4.69) is 31.5 Å². The predicted molar refractivity (Wildman–Crippen MR) is 96.1 cm³/mol. The van der Waals surface area contributed by atoms with E-state index in [-0.39, 0.29) is 5.91 Å². The molecule has 1 aromatic heterocycles. The van der Waals surface area contributed by atoms with Gasteiger partial charge in [0.2, 0.25) is 0 Å². The molecule has 3 rings (SSSR count). The summed E-state index contributed by atoms with van der Waals surface area (Å²) in [5, 5.41) is 6.03. The van der Waals surface area contributed by atoms with Gasteiger partial charge in [-0.2, -0.15) is 0 Å². The Balaban J connectivity index is 1.69. The Labute approximate surface area is 142 Å². The Kier molecular flexibility index (Phi) is 4.68. The first-order valence-electron chi connectivity index (χ1n) is 7.06. The van der Waals surface area contributed by atoms with Crippen LogP contribution in [0.25, 0.3) is 0 Å². The van der Waals surface area contributed by atoms with Gasteiger partial charge in [0.15, 0.2) is 0 Å². The number of carbonyl (C=O) groups is 1. The third-order valence-electron chi connectivity index (χ3n) is 3.19. The number of hydrogen-bond acceptors (Lipinski definition) is 3. The Bertz CT molecular complexity index is 804. The molecule has 2 aromatic carbocycles. The summed E-state index contributed by atoms with van der Waals surface area (Å²) in [7, 11) is 0. The molecule has 0 aliphatic heterocycles. The van der Waals surface area contributed by atoms with Crippen LogP contribution >= 0.6 is 15.9 Å². The number of anilines is 3. The van der Waals surface area contributed by atoms with E-state index in [9.17, 15) is 4.79 Å². The molecule has 0 aliphatic rings. The zero-order chi connectivity index (χ0) is 16.1. The molecule has 2 N–H and O–H groups in total. The highest BCUT2D eigenvalue weighted by Gasteiger charge is 2.07. The second kappa shape index (κ2) is 7.07. The smallest absolute Gasteiger partial charge is 0.257 e. The highest BCUT2D eigenvalue weighted by Crippen LogP contribution is 2.24. The largest absolute Gasteiger partial charge is 0.339 e. The standard InChI is InChI=1S/C18H14BrN3O/c19-15-8-4-5-9-16(15)22-17-11-10-13(12-20-17)18(23)21-14-6-2-1-3-7-14/h1-12H,(H,20,22)(H,21,23). The average molecular weight is 368 g/mol. The van der Waals surface area contributed by atoms with E-state index in [1.165, 1.54) is 0 Å². The second-order valence-electron chi connectivity index (χ2n) is 4.86. The number of amides is 1. The quantitative estimate of drug-likeness (QED) is 0.693. The zero-order valence-corrected chi connectivity index (χ0v) is 13.7. The molecule has 0 saturated heterocycles. The van der Waals surface area contributed by atoms with Crippen molar-refractivity contribution in [2.75, 3.05) is 10.6 Å². The summed E-state index contributed by atoms with van der Waals surface area (Å²) in [6, 6.07) is 20.6. The zero-order valence-electron chi connectivity index (χ0n) is 12.2. The highest BCUT2D eigenvalue weighted by molar-refractivity contribution is 9.10. The molecule has 0 atom stereocenters.